The number of hydrogen-bond acceptors (Lipinski definition) is 5. The van der Waals surface area contributed by atoms with Crippen LogP contribution in [-0.2, 0) is 5.75 Å². The third-order valence-corrected chi connectivity index (χ3v) is 3.66. The lowest BCUT2D eigenvalue weighted by Crippen LogP contribution is -2.18. The number of thioether (sulfide) groups is 1. The van der Waals surface area contributed by atoms with E-state index in [4.69, 9.17) is 10.3 Å². The second-order valence-electron chi connectivity index (χ2n) is 4.32. The van der Waals surface area contributed by atoms with Gasteiger partial charge in [-0.25, -0.2) is 0 Å². The van der Waals surface area contributed by atoms with E-state index in [1.165, 1.54) is 0 Å². The third-order valence-electron chi connectivity index (χ3n) is 2.57. The maximum Gasteiger partial charge on any atom is 0.243 e. The fourth-order valence-electron chi connectivity index (χ4n) is 1.20. The highest BCUT2D eigenvalue weighted by Gasteiger charge is 2.19. The summed E-state index contributed by atoms with van der Waals surface area (Å²) in [5.41, 5.74) is 6.02. The molecule has 0 saturated heterocycles. The predicted octanol–water partition coefficient (Wildman–Crippen LogP) is 2.76. The Bertz CT molecular complexity index is 314. The minimum Gasteiger partial charge on any atom is -0.338 e. The van der Waals surface area contributed by atoms with Gasteiger partial charge in [0.15, 0.2) is 5.82 Å². The molecule has 0 amide bonds. The highest BCUT2D eigenvalue weighted by atomic mass is 32.2. The molecule has 0 bridgehead atoms. The van der Waals surface area contributed by atoms with E-state index < -0.39 is 0 Å². The zero-order chi connectivity index (χ0) is 12.1. The van der Waals surface area contributed by atoms with Gasteiger partial charge in [-0.1, -0.05) is 39.3 Å². The Labute approximate surface area is 101 Å². The minimum atomic E-state index is -0.143. The second-order valence-corrected chi connectivity index (χ2v) is 5.88. The van der Waals surface area contributed by atoms with E-state index in [0.29, 0.717) is 17.1 Å². The lowest BCUT2D eigenvalue weighted by Gasteiger charge is -2.12. The lowest BCUT2D eigenvalue weighted by molar-refractivity contribution is 0.311. The molecule has 4 nitrogen and oxygen atoms in total. The summed E-state index contributed by atoms with van der Waals surface area (Å²) in [6, 6.07) is -0.143. The maximum atomic E-state index is 6.02. The van der Waals surface area contributed by atoms with Crippen molar-refractivity contribution in [3.8, 4) is 0 Å². The molecule has 2 unspecified atom stereocenters. The van der Waals surface area contributed by atoms with Gasteiger partial charge in [-0.05, 0) is 11.2 Å². The van der Waals surface area contributed by atoms with Crippen LogP contribution in [0.3, 0.4) is 0 Å². The van der Waals surface area contributed by atoms with E-state index in [0.717, 1.165) is 18.0 Å². The fraction of sp³-hybridized carbons (Fsp3) is 0.818. The second kappa shape index (κ2) is 6.25. The van der Waals surface area contributed by atoms with Crippen LogP contribution in [0.1, 0.15) is 51.9 Å². The molecular weight excluding hydrogens is 222 g/mol. The molecule has 0 aliphatic rings. The average Bonchev–Trinajstić information content (AvgIpc) is 2.72. The van der Waals surface area contributed by atoms with Crippen LogP contribution in [0.4, 0.5) is 0 Å². The Kier molecular flexibility index (Phi) is 5.28. The molecule has 2 atom stereocenters. The van der Waals surface area contributed by atoms with Crippen LogP contribution < -0.4 is 5.73 Å². The maximum absolute atomic E-state index is 6.02. The number of hydrogen-bond donors (Lipinski definition) is 1. The standard InChI is InChI=1S/C11H21N3OS/c1-5-8(4)10(12)11-13-9(14-15-11)6-16-7(2)3/h7-8,10H,5-6,12H2,1-4H3. The van der Waals surface area contributed by atoms with Crippen molar-refractivity contribution in [2.24, 2.45) is 11.7 Å². The molecular formula is C11H21N3OS. The molecule has 0 saturated carbocycles. The summed E-state index contributed by atoms with van der Waals surface area (Å²) in [5, 5.41) is 4.51. The van der Waals surface area contributed by atoms with Crippen LogP contribution in [0.15, 0.2) is 4.52 Å². The van der Waals surface area contributed by atoms with Crippen molar-refractivity contribution in [1.82, 2.24) is 10.1 Å². The summed E-state index contributed by atoms with van der Waals surface area (Å²) >= 11 is 1.80. The zero-order valence-electron chi connectivity index (χ0n) is 10.4. The van der Waals surface area contributed by atoms with Gasteiger partial charge in [-0.15, -0.1) is 0 Å². The summed E-state index contributed by atoms with van der Waals surface area (Å²) in [7, 11) is 0. The van der Waals surface area contributed by atoms with Gasteiger partial charge in [0, 0.05) is 0 Å². The summed E-state index contributed by atoms with van der Waals surface area (Å²) in [4.78, 5) is 4.33. The molecule has 0 radical (unpaired) electrons. The molecule has 1 heterocycles. The third kappa shape index (κ3) is 3.79. The first-order valence-corrected chi connectivity index (χ1v) is 6.79. The van der Waals surface area contributed by atoms with E-state index in [1.54, 1.807) is 11.8 Å². The smallest absolute Gasteiger partial charge is 0.243 e. The van der Waals surface area contributed by atoms with Gasteiger partial charge in [-0.2, -0.15) is 16.7 Å². The molecule has 92 valence electrons. The monoisotopic (exact) mass is 243 g/mol. The molecule has 0 spiro atoms. The zero-order valence-corrected chi connectivity index (χ0v) is 11.3. The van der Waals surface area contributed by atoms with E-state index in [-0.39, 0.29) is 6.04 Å². The molecule has 0 aliphatic carbocycles. The van der Waals surface area contributed by atoms with Gasteiger partial charge < -0.3 is 10.3 Å². The lowest BCUT2D eigenvalue weighted by atomic mass is 10.0. The first-order chi connectivity index (χ1) is 7.54. The highest BCUT2D eigenvalue weighted by Crippen LogP contribution is 2.21. The van der Waals surface area contributed by atoms with E-state index in [1.807, 2.05) is 0 Å². The van der Waals surface area contributed by atoms with E-state index >= 15 is 0 Å². The highest BCUT2D eigenvalue weighted by molar-refractivity contribution is 7.99. The van der Waals surface area contributed by atoms with E-state index in [2.05, 4.69) is 37.8 Å². The Hall–Kier alpha value is -0.550. The van der Waals surface area contributed by atoms with Gasteiger partial charge in [0.05, 0.1) is 11.8 Å². The van der Waals surface area contributed by atoms with Crippen molar-refractivity contribution in [2.45, 2.75) is 51.2 Å². The average molecular weight is 243 g/mol. The van der Waals surface area contributed by atoms with Gasteiger partial charge in [0.2, 0.25) is 5.89 Å². The van der Waals surface area contributed by atoms with Crippen molar-refractivity contribution in [1.29, 1.82) is 0 Å². The Morgan fingerprint density at radius 3 is 2.62 bits per heavy atom. The number of rotatable bonds is 6. The Morgan fingerprint density at radius 1 is 1.38 bits per heavy atom. The Morgan fingerprint density at radius 2 is 2.06 bits per heavy atom. The van der Waals surface area contributed by atoms with Crippen LogP contribution in [0.5, 0.6) is 0 Å². The summed E-state index contributed by atoms with van der Waals surface area (Å²) in [6.45, 7) is 8.50. The minimum absolute atomic E-state index is 0.143. The molecule has 1 aromatic rings. The van der Waals surface area contributed by atoms with Gasteiger partial charge in [0.25, 0.3) is 0 Å². The van der Waals surface area contributed by atoms with Gasteiger partial charge in [0.1, 0.15) is 0 Å². The molecule has 0 aliphatic heterocycles. The van der Waals surface area contributed by atoms with Crippen molar-refractivity contribution < 1.29 is 4.52 Å². The molecule has 16 heavy (non-hydrogen) atoms. The van der Waals surface area contributed by atoms with Crippen molar-refractivity contribution in [2.75, 3.05) is 0 Å². The number of nitrogens with two attached hydrogens (primary N) is 1. The summed E-state index contributed by atoms with van der Waals surface area (Å²) < 4.78 is 5.18. The van der Waals surface area contributed by atoms with Crippen LogP contribution in [0.25, 0.3) is 0 Å². The number of nitrogens with zero attached hydrogens (tertiary/aromatic N) is 2. The van der Waals surface area contributed by atoms with Crippen molar-refractivity contribution in [3.63, 3.8) is 0 Å². The largest absolute Gasteiger partial charge is 0.338 e. The summed E-state index contributed by atoms with van der Waals surface area (Å²) in [5.74, 6) is 2.46. The molecule has 0 aromatic carbocycles. The molecule has 1 rings (SSSR count). The van der Waals surface area contributed by atoms with Crippen LogP contribution in [0.2, 0.25) is 0 Å². The fourth-order valence-corrected chi connectivity index (χ4v) is 1.80. The predicted molar refractivity (Wildman–Crippen MR) is 67.1 cm³/mol. The normalized spacial score (nSPS) is 15.4. The first kappa shape index (κ1) is 13.5. The van der Waals surface area contributed by atoms with Crippen molar-refractivity contribution in [3.05, 3.63) is 11.7 Å². The topological polar surface area (TPSA) is 64.9 Å². The van der Waals surface area contributed by atoms with Crippen LogP contribution in [-0.4, -0.2) is 15.4 Å². The molecule has 0 fully saturated rings. The molecule has 1 aromatic heterocycles. The van der Waals surface area contributed by atoms with E-state index in [9.17, 15) is 0 Å². The molecule has 2 N–H and O–H groups in total. The van der Waals surface area contributed by atoms with Gasteiger partial charge >= 0.3 is 0 Å². The number of aromatic nitrogens is 2. The quantitative estimate of drug-likeness (QED) is 0.832. The SMILES string of the molecule is CCC(C)C(N)c1nc(CSC(C)C)no1. The summed E-state index contributed by atoms with van der Waals surface area (Å²) in [6.07, 6.45) is 1.01. The first-order valence-electron chi connectivity index (χ1n) is 5.74. The van der Waals surface area contributed by atoms with Crippen LogP contribution >= 0.6 is 11.8 Å². The van der Waals surface area contributed by atoms with Crippen LogP contribution in [0, 0.1) is 5.92 Å². The Balaban J connectivity index is 2.57. The molecule has 5 heteroatoms. The van der Waals surface area contributed by atoms with Crippen molar-refractivity contribution >= 4 is 11.8 Å². The van der Waals surface area contributed by atoms with Gasteiger partial charge in [-0.3, -0.25) is 0 Å².